The van der Waals surface area contributed by atoms with Crippen LogP contribution in [-0.2, 0) is 10.2 Å². The first kappa shape index (κ1) is 25.2. The molecule has 4 aromatic rings. The molecule has 1 fully saturated rings. The lowest BCUT2D eigenvalue weighted by atomic mass is 9.64. The molecule has 1 amide bonds. The molecule has 1 saturated heterocycles. The number of Topliss-reactive ketones (excluding diaryl/α,β-unsaturated/α-hetero) is 2. The van der Waals surface area contributed by atoms with Gasteiger partial charge in [-0.05, 0) is 47.5 Å². The Balaban J connectivity index is 1.53. The molecule has 1 N–H and O–H groups in total. The first-order valence-electron chi connectivity index (χ1n) is 13.0. The minimum absolute atomic E-state index is 0.202. The van der Waals surface area contributed by atoms with Crippen molar-refractivity contribution >= 4 is 66.8 Å². The van der Waals surface area contributed by atoms with Gasteiger partial charge in [0.05, 0.1) is 12.0 Å². The van der Waals surface area contributed by atoms with Gasteiger partial charge >= 0.3 is 0 Å². The fourth-order valence-electron chi connectivity index (χ4n) is 6.70. The number of benzene rings is 4. The number of hydrogen-bond donors (Lipinski definition) is 1. The predicted octanol–water partition coefficient (Wildman–Crippen LogP) is 7.07. The van der Waals surface area contributed by atoms with Crippen LogP contribution in [-0.4, -0.2) is 29.6 Å². The van der Waals surface area contributed by atoms with Gasteiger partial charge in [0.1, 0.15) is 11.5 Å². The van der Waals surface area contributed by atoms with Crippen molar-refractivity contribution in [1.29, 1.82) is 0 Å². The molecule has 0 saturated carbocycles. The number of halogens is 2. The summed E-state index contributed by atoms with van der Waals surface area (Å²) in [4.78, 5) is 45.7. The van der Waals surface area contributed by atoms with Crippen molar-refractivity contribution in [2.75, 3.05) is 10.2 Å². The molecule has 5 nitrogen and oxygen atoms in total. The van der Waals surface area contributed by atoms with Crippen LogP contribution in [0.5, 0.6) is 0 Å². The summed E-state index contributed by atoms with van der Waals surface area (Å²) in [5.74, 6) is -1.70. The van der Waals surface area contributed by atoms with Gasteiger partial charge in [-0.25, -0.2) is 0 Å². The van der Waals surface area contributed by atoms with Crippen LogP contribution in [0.1, 0.15) is 31.8 Å². The molecule has 196 valence electrons. The monoisotopic (exact) mass is 652 g/mol. The number of amides is 1. The molecular formula is C33H22Br2N2O3. The molecule has 4 atom stereocenters. The predicted molar refractivity (Wildman–Crippen MR) is 163 cm³/mol. The van der Waals surface area contributed by atoms with Crippen molar-refractivity contribution in [3.05, 3.63) is 134 Å². The zero-order valence-corrected chi connectivity index (χ0v) is 24.2. The average molecular weight is 654 g/mol. The Hall–Kier alpha value is -3.81. The number of hydrogen-bond acceptors (Lipinski definition) is 4. The highest BCUT2D eigenvalue weighted by Crippen LogP contribution is 2.58. The molecule has 4 aromatic carbocycles. The first-order chi connectivity index (χ1) is 19.4. The minimum Gasteiger partial charge on any atom is -0.352 e. The van der Waals surface area contributed by atoms with Crippen LogP contribution in [0.15, 0.2) is 112 Å². The lowest BCUT2D eigenvalue weighted by molar-refractivity contribution is -0.121. The zero-order chi connectivity index (χ0) is 27.6. The summed E-state index contributed by atoms with van der Waals surface area (Å²) in [6, 6.07) is 28.2. The number of para-hydroxylation sites is 2. The third-order valence-electron chi connectivity index (χ3n) is 8.35. The van der Waals surface area contributed by atoms with Gasteiger partial charge in [-0.2, -0.15) is 0 Å². The van der Waals surface area contributed by atoms with E-state index < -0.39 is 23.4 Å². The molecule has 7 heteroatoms. The van der Waals surface area contributed by atoms with Gasteiger partial charge in [0, 0.05) is 31.4 Å². The van der Waals surface area contributed by atoms with Gasteiger partial charge in [-0.15, -0.1) is 0 Å². The number of nitrogens with zero attached hydrogens (tertiary/aromatic N) is 1. The van der Waals surface area contributed by atoms with E-state index in [4.69, 9.17) is 0 Å². The summed E-state index contributed by atoms with van der Waals surface area (Å²) in [6.07, 6.45) is 3.99. The molecule has 0 aliphatic carbocycles. The fraction of sp³-hybridized carbons (Fsp3) is 0.121. The van der Waals surface area contributed by atoms with Gasteiger partial charge in [0.15, 0.2) is 11.6 Å². The van der Waals surface area contributed by atoms with E-state index in [1.165, 1.54) is 0 Å². The smallest absolute Gasteiger partial charge is 0.238 e. The Morgan fingerprint density at radius 3 is 2.05 bits per heavy atom. The Labute approximate surface area is 248 Å². The summed E-state index contributed by atoms with van der Waals surface area (Å²) in [6.45, 7) is 0. The van der Waals surface area contributed by atoms with Crippen molar-refractivity contribution in [3.8, 4) is 0 Å². The number of anilines is 2. The highest BCUT2D eigenvalue weighted by Gasteiger charge is 2.70. The Morgan fingerprint density at radius 1 is 0.750 bits per heavy atom. The van der Waals surface area contributed by atoms with E-state index in [-0.39, 0.29) is 17.5 Å². The maximum Gasteiger partial charge on any atom is 0.238 e. The van der Waals surface area contributed by atoms with Crippen LogP contribution >= 0.6 is 31.9 Å². The molecule has 0 bridgehead atoms. The number of rotatable bonds is 4. The zero-order valence-electron chi connectivity index (χ0n) is 21.1. The van der Waals surface area contributed by atoms with Crippen LogP contribution in [0.3, 0.4) is 0 Å². The quantitative estimate of drug-likeness (QED) is 0.239. The van der Waals surface area contributed by atoms with Crippen molar-refractivity contribution in [2.24, 2.45) is 5.92 Å². The van der Waals surface area contributed by atoms with Crippen LogP contribution in [0.4, 0.5) is 11.4 Å². The average Bonchev–Trinajstić information content (AvgIpc) is 3.45. The number of nitrogens with one attached hydrogen (secondary N) is 1. The molecule has 1 spiro atoms. The van der Waals surface area contributed by atoms with Gasteiger partial charge in [-0.1, -0.05) is 105 Å². The van der Waals surface area contributed by atoms with Gasteiger partial charge in [0.25, 0.3) is 0 Å². The topological polar surface area (TPSA) is 66.5 Å². The van der Waals surface area contributed by atoms with E-state index in [2.05, 4.69) is 37.2 Å². The number of carbonyl (C=O) groups is 3. The van der Waals surface area contributed by atoms with Crippen molar-refractivity contribution in [2.45, 2.75) is 17.5 Å². The summed E-state index contributed by atoms with van der Waals surface area (Å²) in [5.41, 5.74) is 2.79. The van der Waals surface area contributed by atoms with Gasteiger partial charge < -0.3 is 10.2 Å². The third-order valence-corrected chi connectivity index (χ3v) is 9.41. The largest absolute Gasteiger partial charge is 0.352 e. The maximum atomic E-state index is 14.7. The van der Waals surface area contributed by atoms with Crippen LogP contribution in [0.25, 0.3) is 6.08 Å². The van der Waals surface area contributed by atoms with Gasteiger partial charge in [-0.3, -0.25) is 14.4 Å². The summed E-state index contributed by atoms with van der Waals surface area (Å²) in [5, 5.41) is 3.06. The molecule has 40 heavy (non-hydrogen) atoms. The fourth-order valence-corrected chi connectivity index (χ4v) is 7.23. The lowest BCUT2D eigenvalue weighted by Crippen LogP contribution is -2.51. The SMILES string of the molecule is O=C(c1ccc(Br)cc1)[C@@H]1[C@H](C(=O)c2ccc(Br)cc2)[C@]2(C(=O)Nc3ccccc32)[C@@H]2C=Cc3ccccc3N12. The van der Waals surface area contributed by atoms with Crippen molar-refractivity contribution < 1.29 is 14.4 Å². The summed E-state index contributed by atoms with van der Waals surface area (Å²) < 4.78 is 1.69. The normalized spacial score (nSPS) is 23.9. The molecule has 0 unspecified atom stereocenters. The molecule has 0 aromatic heterocycles. The number of carbonyl (C=O) groups excluding carboxylic acids is 3. The van der Waals surface area contributed by atoms with Crippen LogP contribution in [0, 0.1) is 5.92 Å². The standard InChI is InChI=1S/C33H22Br2N2O3/c34-22-14-9-20(10-15-22)30(38)28-29(31(39)21-11-16-23(35)17-12-21)37-26-8-4-1-5-19(26)13-18-27(37)33(28)24-6-2-3-7-25(24)36-32(33)40/h1-18,27-29H,(H,36,40)/t27-,28+,29-,33+/m0/s1. The molecule has 3 aliphatic heterocycles. The summed E-state index contributed by atoms with van der Waals surface area (Å²) >= 11 is 6.92. The molecule has 7 rings (SSSR count). The highest BCUT2D eigenvalue weighted by molar-refractivity contribution is 9.10. The lowest BCUT2D eigenvalue weighted by Gasteiger charge is -2.37. The van der Waals surface area contributed by atoms with Crippen molar-refractivity contribution in [1.82, 2.24) is 0 Å². The second-order valence-electron chi connectivity index (χ2n) is 10.3. The molecular weight excluding hydrogens is 632 g/mol. The third kappa shape index (κ3) is 3.54. The number of fused-ring (bicyclic) bond motifs is 6. The molecule has 3 aliphatic rings. The second kappa shape index (κ2) is 9.39. The second-order valence-corrected chi connectivity index (χ2v) is 12.1. The molecule has 3 heterocycles. The minimum atomic E-state index is -1.32. The van der Waals surface area contributed by atoms with E-state index in [0.717, 1.165) is 25.8 Å². The Bertz CT molecular complexity index is 1730. The van der Waals surface area contributed by atoms with E-state index in [1.54, 1.807) is 24.3 Å². The van der Waals surface area contributed by atoms with Crippen molar-refractivity contribution in [3.63, 3.8) is 0 Å². The Morgan fingerprint density at radius 2 is 1.35 bits per heavy atom. The maximum absolute atomic E-state index is 14.7. The van der Waals surface area contributed by atoms with E-state index >= 15 is 0 Å². The van der Waals surface area contributed by atoms with E-state index in [1.807, 2.05) is 89.8 Å². The first-order valence-corrected chi connectivity index (χ1v) is 14.6. The molecule has 0 radical (unpaired) electrons. The van der Waals surface area contributed by atoms with Crippen LogP contribution in [0.2, 0.25) is 0 Å². The van der Waals surface area contributed by atoms with E-state index in [0.29, 0.717) is 16.8 Å². The number of ketones is 2. The summed E-state index contributed by atoms with van der Waals surface area (Å²) in [7, 11) is 0. The van der Waals surface area contributed by atoms with E-state index in [9.17, 15) is 14.4 Å². The van der Waals surface area contributed by atoms with Gasteiger partial charge in [0.2, 0.25) is 5.91 Å². The van der Waals surface area contributed by atoms with Crippen LogP contribution < -0.4 is 10.2 Å². The Kier molecular flexibility index (Phi) is 5.91. The highest BCUT2D eigenvalue weighted by atomic mass is 79.9.